The van der Waals surface area contributed by atoms with Gasteiger partial charge in [0.25, 0.3) is 0 Å². The van der Waals surface area contributed by atoms with Crippen molar-refractivity contribution < 1.29 is 9.52 Å². The number of hydrogen-bond acceptors (Lipinski definition) is 3. The van der Waals surface area contributed by atoms with Crippen LogP contribution in [0.1, 0.15) is 33.0 Å². The highest BCUT2D eigenvalue weighted by molar-refractivity contribution is 14.0. The normalized spacial score (nSPS) is 14.9. The molecule has 1 atom stereocenters. The van der Waals surface area contributed by atoms with Crippen LogP contribution >= 0.6 is 24.0 Å². The molecule has 0 bridgehead atoms. The lowest BCUT2D eigenvalue weighted by Crippen LogP contribution is -2.35. The van der Waals surface area contributed by atoms with E-state index >= 15 is 0 Å². The van der Waals surface area contributed by atoms with E-state index in [-0.39, 0.29) is 30.5 Å². The van der Waals surface area contributed by atoms with Crippen molar-refractivity contribution in [2.24, 2.45) is 16.6 Å². The van der Waals surface area contributed by atoms with Gasteiger partial charge in [-0.05, 0) is 31.4 Å². The number of aliphatic imine (C=N–C) groups is 1. The van der Waals surface area contributed by atoms with E-state index in [2.05, 4.69) is 24.2 Å². The molecule has 0 aromatic carbocycles. The van der Waals surface area contributed by atoms with Crippen molar-refractivity contribution in [3.8, 4) is 0 Å². The number of guanidine groups is 1. The first-order valence-corrected chi connectivity index (χ1v) is 6.22. The number of hydrogen-bond donors (Lipinski definition) is 3. The van der Waals surface area contributed by atoms with E-state index in [9.17, 15) is 5.11 Å². The summed E-state index contributed by atoms with van der Waals surface area (Å²) >= 11 is 0. The summed E-state index contributed by atoms with van der Waals surface area (Å²) in [5.74, 6) is 1.46. The van der Waals surface area contributed by atoms with Gasteiger partial charge in [-0.1, -0.05) is 13.8 Å². The maximum Gasteiger partial charge on any atom is 0.188 e. The van der Waals surface area contributed by atoms with E-state index < -0.39 is 5.60 Å². The van der Waals surface area contributed by atoms with Crippen LogP contribution in [-0.4, -0.2) is 24.2 Å². The topological polar surface area (TPSA) is 83.8 Å². The summed E-state index contributed by atoms with van der Waals surface area (Å²) in [6.45, 7) is 6.90. The Hall–Kier alpha value is -0.760. The summed E-state index contributed by atoms with van der Waals surface area (Å²) in [7, 11) is 0. The first kappa shape index (κ1) is 18.2. The molecule has 0 saturated heterocycles. The Morgan fingerprint density at radius 3 is 2.79 bits per heavy atom. The molecule has 1 rings (SSSR count). The predicted octanol–water partition coefficient (Wildman–Crippen LogP) is 2.06. The SMILES string of the molecule is CC(C)CCNC(N)=NCC(C)(O)c1ccco1.I. The second kappa shape index (κ2) is 8.42. The minimum Gasteiger partial charge on any atom is -0.466 e. The summed E-state index contributed by atoms with van der Waals surface area (Å²) < 4.78 is 5.16. The van der Waals surface area contributed by atoms with Crippen LogP contribution in [0, 0.1) is 5.92 Å². The van der Waals surface area contributed by atoms with Gasteiger partial charge < -0.3 is 20.6 Å². The summed E-state index contributed by atoms with van der Waals surface area (Å²) in [6, 6.07) is 3.45. The van der Waals surface area contributed by atoms with Crippen LogP contribution < -0.4 is 11.1 Å². The Morgan fingerprint density at radius 2 is 2.26 bits per heavy atom. The van der Waals surface area contributed by atoms with Gasteiger partial charge in [0, 0.05) is 6.54 Å². The van der Waals surface area contributed by atoms with Crippen LogP contribution in [0.3, 0.4) is 0 Å². The van der Waals surface area contributed by atoms with Crippen molar-refractivity contribution in [2.75, 3.05) is 13.1 Å². The number of nitrogens with one attached hydrogen (secondary N) is 1. The van der Waals surface area contributed by atoms with Crippen molar-refractivity contribution >= 4 is 29.9 Å². The third-order valence-electron chi connectivity index (χ3n) is 2.64. The molecule has 110 valence electrons. The molecule has 0 radical (unpaired) electrons. The Labute approximate surface area is 131 Å². The van der Waals surface area contributed by atoms with E-state index in [0.717, 1.165) is 13.0 Å². The average Bonchev–Trinajstić information content (AvgIpc) is 2.80. The number of aliphatic hydroxyl groups is 1. The van der Waals surface area contributed by atoms with E-state index in [4.69, 9.17) is 10.2 Å². The molecular weight excluding hydrogens is 357 g/mol. The van der Waals surface area contributed by atoms with Gasteiger partial charge in [0.15, 0.2) is 5.96 Å². The molecular formula is C13H24IN3O2. The smallest absolute Gasteiger partial charge is 0.188 e. The van der Waals surface area contributed by atoms with Gasteiger partial charge in [-0.2, -0.15) is 0 Å². The molecule has 0 fully saturated rings. The van der Waals surface area contributed by atoms with Gasteiger partial charge in [-0.25, -0.2) is 4.99 Å². The van der Waals surface area contributed by atoms with Gasteiger partial charge in [0.1, 0.15) is 11.4 Å². The van der Waals surface area contributed by atoms with Gasteiger partial charge in [0.05, 0.1) is 12.8 Å². The molecule has 19 heavy (non-hydrogen) atoms. The number of rotatable bonds is 6. The summed E-state index contributed by atoms with van der Waals surface area (Å²) in [5.41, 5.74) is 4.59. The Balaban J connectivity index is 0.00000324. The van der Waals surface area contributed by atoms with E-state index in [1.807, 2.05) is 0 Å². The fourth-order valence-corrected chi connectivity index (χ4v) is 1.45. The molecule has 1 unspecified atom stereocenters. The molecule has 0 spiro atoms. The molecule has 6 heteroatoms. The van der Waals surface area contributed by atoms with Crippen molar-refractivity contribution in [1.82, 2.24) is 5.32 Å². The molecule has 1 aromatic rings. The van der Waals surface area contributed by atoms with Gasteiger partial charge in [-0.15, -0.1) is 24.0 Å². The maximum absolute atomic E-state index is 10.2. The molecule has 5 nitrogen and oxygen atoms in total. The summed E-state index contributed by atoms with van der Waals surface area (Å²) in [6.07, 6.45) is 2.56. The molecule has 0 aliphatic carbocycles. The zero-order valence-electron chi connectivity index (χ0n) is 11.7. The van der Waals surface area contributed by atoms with E-state index in [1.54, 1.807) is 19.1 Å². The van der Waals surface area contributed by atoms with Gasteiger partial charge >= 0.3 is 0 Å². The molecule has 4 N–H and O–H groups in total. The summed E-state index contributed by atoms with van der Waals surface area (Å²) in [4.78, 5) is 4.12. The zero-order valence-corrected chi connectivity index (χ0v) is 14.0. The first-order chi connectivity index (χ1) is 8.42. The highest BCUT2D eigenvalue weighted by Gasteiger charge is 2.25. The maximum atomic E-state index is 10.2. The van der Waals surface area contributed by atoms with Crippen LogP contribution in [0.5, 0.6) is 0 Å². The minimum absolute atomic E-state index is 0. The largest absolute Gasteiger partial charge is 0.466 e. The van der Waals surface area contributed by atoms with Crippen LogP contribution in [0.25, 0.3) is 0 Å². The molecule has 1 aromatic heterocycles. The molecule has 0 amide bonds. The second-order valence-corrected chi connectivity index (χ2v) is 5.06. The first-order valence-electron chi connectivity index (χ1n) is 6.22. The van der Waals surface area contributed by atoms with Crippen LogP contribution in [0.15, 0.2) is 27.8 Å². The van der Waals surface area contributed by atoms with Gasteiger partial charge in [0.2, 0.25) is 0 Å². The molecule has 0 aliphatic heterocycles. The lowest BCUT2D eigenvalue weighted by atomic mass is 10.0. The van der Waals surface area contributed by atoms with Crippen molar-refractivity contribution in [1.29, 1.82) is 0 Å². The number of halogens is 1. The van der Waals surface area contributed by atoms with E-state index in [1.165, 1.54) is 6.26 Å². The van der Waals surface area contributed by atoms with Crippen molar-refractivity contribution in [2.45, 2.75) is 32.8 Å². The quantitative estimate of drug-likeness (QED) is 0.400. The Morgan fingerprint density at radius 1 is 1.58 bits per heavy atom. The fraction of sp³-hybridized carbons (Fsp3) is 0.615. The highest BCUT2D eigenvalue weighted by atomic mass is 127. The monoisotopic (exact) mass is 381 g/mol. The standard InChI is InChI=1S/C13H23N3O2.HI/c1-10(2)6-7-15-12(14)16-9-13(3,17)11-5-4-8-18-11;/h4-5,8,10,17H,6-7,9H2,1-3H3,(H3,14,15,16);1H. The molecule has 0 aliphatic rings. The third-order valence-corrected chi connectivity index (χ3v) is 2.64. The minimum atomic E-state index is -1.13. The van der Waals surface area contributed by atoms with Crippen LogP contribution in [0.2, 0.25) is 0 Å². The number of furan rings is 1. The van der Waals surface area contributed by atoms with E-state index in [0.29, 0.717) is 17.6 Å². The average molecular weight is 381 g/mol. The molecule has 0 saturated carbocycles. The summed E-state index contributed by atoms with van der Waals surface area (Å²) in [5, 5.41) is 13.2. The van der Waals surface area contributed by atoms with Crippen LogP contribution in [0.4, 0.5) is 0 Å². The lowest BCUT2D eigenvalue weighted by Gasteiger charge is -2.18. The van der Waals surface area contributed by atoms with Crippen molar-refractivity contribution in [3.05, 3.63) is 24.2 Å². The Kier molecular flexibility index (Phi) is 8.08. The highest BCUT2D eigenvalue weighted by Crippen LogP contribution is 2.20. The lowest BCUT2D eigenvalue weighted by molar-refractivity contribution is 0.0437. The number of nitrogens with zero attached hydrogens (tertiary/aromatic N) is 1. The van der Waals surface area contributed by atoms with Crippen molar-refractivity contribution in [3.63, 3.8) is 0 Å². The van der Waals surface area contributed by atoms with Crippen LogP contribution in [-0.2, 0) is 5.60 Å². The third kappa shape index (κ3) is 6.81. The Bertz CT molecular complexity index is 375. The van der Waals surface area contributed by atoms with Gasteiger partial charge in [-0.3, -0.25) is 0 Å². The predicted molar refractivity (Wildman–Crippen MR) is 87.6 cm³/mol. The second-order valence-electron chi connectivity index (χ2n) is 5.06. The fourth-order valence-electron chi connectivity index (χ4n) is 1.45. The zero-order chi connectivity index (χ0) is 13.6. The number of nitrogens with two attached hydrogens (primary N) is 1. The molecule has 1 heterocycles.